The highest BCUT2D eigenvalue weighted by atomic mass is 32.1. The second-order valence-corrected chi connectivity index (χ2v) is 7.48. The van der Waals surface area contributed by atoms with E-state index in [1.807, 2.05) is 0 Å². The van der Waals surface area contributed by atoms with Gasteiger partial charge < -0.3 is 9.73 Å². The molecule has 7 heteroatoms. The Morgan fingerprint density at radius 2 is 2.04 bits per heavy atom. The molecule has 0 radical (unpaired) electrons. The quantitative estimate of drug-likeness (QED) is 0.743. The van der Waals surface area contributed by atoms with Crippen LogP contribution in [-0.4, -0.2) is 15.9 Å². The van der Waals surface area contributed by atoms with Gasteiger partial charge in [0.05, 0.1) is 17.4 Å². The molecule has 26 heavy (non-hydrogen) atoms. The summed E-state index contributed by atoms with van der Waals surface area (Å²) in [5.74, 6) is 0.197. The lowest BCUT2D eigenvalue weighted by atomic mass is 9.97. The van der Waals surface area contributed by atoms with Crippen LogP contribution in [0.15, 0.2) is 28.7 Å². The van der Waals surface area contributed by atoms with E-state index in [-0.39, 0.29) is 23.5 Å². The van der Waals surface area contributed by atoms with Gasteiger partial charge >= 0.3 is 0 Å². The molecule has 1 aromatic carbocycles. The maximum absolute atomic E-state index is 13.2. The fourth-order valence-corrected chi connectivity index (χ4v) is 4.41. The lowest BCUT2D eigenvalue weighted by Crippen LogP contribution is -2.31. The number of aryl methyl sites for hydroxylation is 3. The Balaban J connectivity index is 1.60. The molecule has 1 aliphatic carbocycles. The van der Waals surface area contributed by atoms with Crippen LogP contribution in [0, 0.1) is 19.7 Å². The zero-order valence-corrected chi connectivity index (χ0v) is 15.3. The van der Waals surface area contributed by atoms with Crippen molar-refractivity contribution in [2.75, 3.05) is 0 Å². The standard InChI is InChI=1S/C19H18FN3O2S/c1-10-17(25-11(2)21-10)18(24)22-14-4-3-5-15-16(14)23-19(26-15)12-6-8-13(20)9-7-12/h6-9,14H,3-5H2,1-2H3,(H,22,24). The van der Waals surface area contributed by atoms with Crippen molar-refractivity contribution in [3.63, 3.8) is 0 Å². The van der Waals surface area contributed by atoms with Crippen molar-refractivity contribution in [3.8, 4) is 10.6 Å². The Bertz CT molecular complexity index is 962. The highest BCUT2D eigenvalue weighted by Gasteiger charge is 2.28. The highest BCUT2D eigenvalue weighted by molar-refractivity contribution is 7.15. The first-order valence-electron chi connectivity index (χ1n) is 8.51. The number of nitrogens with one attached hydrogen (secondary N) is 1. The van der Waals surface area contributed by atoms with Crippen LogP contribution in [0.1, 0.15) is 51.6 Å². The number of fused-ring (bicyclic) bond motifs is 1. The van der Waals surface area contributed by atoms with E-state index in [1.165, 1.54) is 17.0 Å². The topological polar surface area (TPSA) is 68.0 Å². The third kappa shape index (κ3) is 3.14. The number of aromatic nitrogens is 2. The van der Waals surface area contributed by atoms with Crippen molar-refractivity contribution in [1.29, 1.82) is 0 Å². The van der Waals surface area contributed by atoms with E-state index in [0.717, 1.165) is 35.5 Å². The van der Waals surface area contributed by atoms with Crippen molar-refractivity contribution in [1.82, 2.24) is 15.3 Å². The number of thiazole rings is 1. The Kier molecular flexibility index (Phi) is 4.32. The number of benzene rings is 1. The SMILES string of the molecule is Cc1nc(C)c(C(=O)NC2CCCc3sc(-c4ccc(F)cc4)nc32)o1. The fourth-order valence-electron chi connectivity index (χ4n) is 3.24. The smallest absolute Gasteiger partial charge is 0.289 e. The molecule has 0 saturated carbocycles. The summed E-state index contributed by atoms with van der Waals surface area (Å²) < 4.78 is 18.6. The van der Waals surface area contributed by atoms with Crippen LogP contribution in [0.2, 0.25) is 0 Å². The summed E-state index contributed by atoms with van der Waals surface area (Å²) in [6.45, 7) is 3.48. The molecular formula is C19H18FN3O2S. The van der Waals surface area contributed by atoms with Gasteiger partial charge in [0, 0.05) is 17.4 Å². The van der Waals surface area contributed by atoms with Crippen molar-refractivity contribution in [2.24, 2.45) is 0 Å². The van der Waals surface area contributed by atoms with Gasteiger partial charge in [0.2, 0.25) is 5.76 Å². The van der Waals surface area contributed by atoms with Crippen LogP contribution in [0.4, 0.5) is 4.39 Å². The summed E-state index contributed by atoms with van der Waals surface area (Å²) in [6.07, 6.45) is 2.76. The summed E-state index contributed by atoms with van der Waals surface area (Å²) in [7, 11) is 0. The molecule has 2 heterocycles. The third-order valence-corrected chi connectivity index (χ3v) is 5.64. The molecule has 0 aliphatic heterocycles. The molecule has 1 unspecified atom stereocenters. The molecule has 1 amide bonds. The van der Waals surface area contributed by atoms with Crippen LogP contribution in [0.25, 0.3) is 10.6 Å². The number of carbonyl (C=O) groups is 1. The summed E-state index contributed by atoms with van der Waals surface area (Å²) >= 11 is 1.61. The lowest BCUT2D eigenvalue weighted by molar-refractivity contribution is 0.0901. The van der Waals surface area contributed by atoms with E-state index in [0.29, 0.717) is 11.6 Å². The molecule has 1 atom stereocenters. The second-order valence-electron chi connectivity index (χ2n) is 6.40. The Labute approximate surface area is 154 Å². The van der Waals surface area contributed by atoms with E-state index in [4.69, 9.17) is 9.40 Å². The first-order chi connectivity index (χ1) is 12.5. The number of rotatable bonds is 3. The zero-order chi connectivity index (χ0) is 18.3. The second kappa shape index (κ2) is 6.64. The number of hydrogen-bond acceptors (Lipinski definition) is 5. The van der Waals surface area contributed by atoms with Gasteiger partial charge in [-0.1, -0.05) is 0 Å². The predicted octanol–water partition coefficient (Wildman–Crippen LogP) is 4.36. The van der Waals surface area contributed by atoms with Gasteiger partial charge in [0.1, 0.15) is 10.8 Å². The monoisotopic (exact) mass is 371 g/mol. The van der Waals surface area contributed by atoms with Gasteiger partial charge in [-0.3, -0.25) is 4.79 Å². The Morgan fingerprint density at radius 3 is 2.73 bits per heavy atom. The van der Waals surface area contributed by atoms with Crippen LogP contribution in [0.5, 0.6) is 0 Å². The summed E-state index contributed by atoms with van der Waals surface area (Å²) in [5, 5.41) is 3.88. The highest BCUT2D eigenvalue weighted by Crippen LogP contribution is 2.37. The maximum atomic E-state index is 13.2. The number of nitrogens with zero attached hydrogens (tertiary/aromatic N) is 2. The number of hydrogen-bond donors (Lipinski definition) is 1. The average molecular weight is 371 g/mol. The van der Waals surface area contributed by atoms with Gasteiger partial charge in [0.15, 0.2) is 5.89 Å². The molecule has 4 rings (SSSR count). The van der Waals surface area contributed by atoms with Crippen LogP contribution in [0.3, 0.4) is 0 Å². The van der Waals surface area contributed by atoms with Crippen LogP contribution >= 0.6 is 11.3 Å². The minimum absolute atomic E-state index is 0.151. The van der Waals surface area contributed by atoms with Gasteiger partial charge in [0.25, 0.3) is 5.91 Å². The molecule has 5 nitrogen and oxygen atoms in total. The van der Waals surface area contributed by atoms with Gasteiger partial charge in [-0.15, -0.1) is 11.3 Å². The Hall–Kier alpha value is -2.54. The molecule has 0 spiro atoms. The molecule has 3 aromatic rings. The molecule has 2 aromatic heterocycles. The average Bonchev–Trinajstić information content (AvgIpc) is 3.19. The minimum Gasteiger partial charge on any atom is -0.436 e. The zero-order valence-electron chi connectivity index (χ0n) is 14.5. The third-order valence-electron chi connectivity index (χ3n) is 4.46. The van der Waals surface area contributed by atoms with Crippen LogP contribution in [-0.2, 0) is 6.42 Å². The molecule has 0 saturated heterocycles. The molecule has 134 valence electrons. The largest absolute Gasteiger partial charge is 0.436 e. The summed E-state index contributed by atoms with van der Waals surface area (Å²) in [4.78, 5) is 22.6. The molecule has 0 fully saturated rings. The van der Waals surface area contributed by atoms with E-state index in [1.54, 1.807) is 37.3 Å². The molecule has 1 N–H and O–H groups in total. The predicted molar refractivity (Wildman–Crippen MR) is 96.6 cm³/mol. The van der Waals surface area contributed by atoms with Gasteiger partial charge in [-0.2, -0.15) is 0 Å². The van der Waals surface area contributed by atoms with E-state index < -0.39 is 0 Å². The molecule has 0 bridgehead atoms. The van der Waals surface area contributed by atoms with Gasteiger partial charge in [-0.05, 0) is 50.5 Å². The van der Waals surface area contributed by atoms with Crippen molar-refractivity contribution in [2.45, 2.75) is 39.2 Å². The lowest BCUT2D eigenvalue weighted by Gasteiger charge is -2.21. The van der Waals surface area contributed by atoms with Crippen LogP contribution < -0.4 is 5.32 Å². The number of oxazole rings is 1. The summed E-state index contributed by atoms with van der Waals surface area (Å²) in [5.41, 5.74) is 2.38. The fraction of sp³-hybridized carbons (Fsp3) is 0.316. The van der Waals surface area contributed by atoms with E-state index in [9.17, 15) is 9.18 Å². The van der Waals surface area contributed by atoms with E-state index in [2.05, 4.69) is 10.3 Å². The number of halogens is 1. The van der Waals surface area contributed by atoms with Crippen molar-refractivity contribution < 1.29 is 13.6 Å². The van der Waals surface area contributed by atoms with Gasteiger partial charge in [-0.25, -0.2) is 14.4 Å². The van der Waals surface area contributed by atoms with Crippen molar-refractivity contribution >= 4 is 17.2 Å². The minimum atomic E-state index is -0.266. The van der Waals surface area contributed by atoms with E-state index >= 15 is 0 Å². The normalized spacial score (nSPS) is 16.3. The first-order valence-corrected chi connectivity index (χ1v) is 9.33. The summed E-state index contributed by atoms with van der Waals surface area (Å²) in [6, 6.07) is 6.18. The number of carbonyl (C=O) groups excluding carboxylic acids is 1. The van der Waals surface area contributed by atoms with Crippen molar-refractivity contribution in [3.05, 3.63) is 58.0 Å². The first kappa shape index (κ1) is 16.9. The number of amides is 1. The Morgan fingerprint density at radius 1 is 1.27 bits per heavy atom. The molecule has 1 aliphatic rings. The molecular weight excluding hydrogens is 353 g/mol. The maximum Gasteiger partial charge on any atom is 0.289 e.